The van der Waals surface area contributed by atoms with Crippen LogP contribution in [0.1, 0.15) is 16.9 Å². The summed E-state index contributed by atoms with van der Waals surface area (Å²) in [6.45, 7) is 1.84. The monoisotopic (exact) mass is 338 g/mol. The maximum Gasteiger partial charge on any atom is 0.224 e. The van der Waals surface area contributed by atoms with Gasteiger partial charge in [-0.15, -0.1) is 0 Å². The number of nitrogens with two attached hydrogens (primary N) is 2. The van der Waals surface area contributed by atoms with E-state index in [0.717, 1.165) is 5.76 Å². The summed E-state index contributed by atoms with van der Waals surface area (Å²) in [5.41, 5.74) is 13.8. The van der Waals surface area contributed by atoms with Gasteiger partial charge in [0.25, 0.3) is 0 Å². The molecule has 4 N–H and O–H groups in total. The van der Waals surface area contributed by atoms with Crippen LogP contribution in [-0.4, -0.2) is 19.6 Å². The maximum absolute atomic E-state index is 14.0. The molecule has 0 bridgehead atoms. The normalized spacial score (nSPS) is 11.3. The van der Waals surface area contributed by atoms with Crippen LogP contribution in [0.3, 0.4) is 0 Å². The number of benzene rings is 1. The van der Waals surface area contributed by atoms with Crippen LogP contribution in [0, 0.1) is 12.7 Å². The van der Waals surface area contributed by atoms with Gasteiger partial charge in [-0.2, -0.15) is 19.6 Å². The molecule has 0 unspecified atom stereocenters. The Bertz CT molecular complexity index is 1080. The summed E-state index contributed by atoms with van der Waals surface area (Å²) >= 11 is 0. The Balaban J connectivity index is 1.84. The SMILES string of the molecule is Cc1ccc(-c2nc(N)nc3c(Cc4cc(N)ccc4F)cnn23)o1. The van der Waals surface area contributed by atoms with Crippen LogP contribution in [0.15, 0.2) is 40.9 Å². The fourth-order valence-electron chi connectivity index (χ4n) is 2.71. The van der Waals surface area contributed by atoms with E-state index in [-0.39, 0.29) is 18.2 Å². The lowest BCUT2D eigenvalue weighted by Gasteiger charge is -2.05. The summed E-state index contributed by atoms with van der Waals surface area (Å²) < 4.78 is 21.2. The van der Waals surface area contributed by atoms with Gasteiger partial charge in [-0.1, -0.05) is 0 Å². The Hall–Kier alpha value is -3.42. The standard InChI is InChI=1S/C17H15FN6O/c1-9-2-5-14(25-9)16-23-17(20)22-15-11(8-21-24(15)16)6-10-7-12(19)3-4-13(10)18/h2-5,7-8H,6,19H2,1H3,(H2,20,22). The van der Waals surface area contributed by atoms with Crippen molar-refractivity contribution < 1.29 is 8.81 Å². The fraction of sp³-hybridized carbons (Fsp3) is 0.118. The molecule has 3 heterocycles. The predicted octanol–water partition coefficient (Wildman–Crippen LogP) is 2.59. The largest absolute Gasteiger partial charge is 0.458 e. The minimum Gasteiger partial charge on any atom is -0.458 e. The Morgan fingerprint density at radius 1 is 1.12 bits per heavy atom. The van der Waals surface area contributed by atoms with E-state index < -0.39 is 0 Å². The highest BCUT2D eigenvalue weighted by atomic mass is 19.1. The van der Waals surface area contributed by atoms with Gasteiger partial charge in [0.2, 0.25) is 11.8 Å². The van der Waals surface area contributed by atoms with Crippen LogP contribution in [0.5, 0.6) is 0 Å². The van der Waals surface area contributed by atoms with Crippen molar-refractivity contribution in [1.29, 1.82) is 0 Å². The minimum absolute atomic E-state index is 0.0892. The third kappa shape index (κ3) is 2.67. The van der Waals surface area contributed by atoms with Crippen molar-refractivity contribution in [2.75, 3.05) is 11.5 Å². The van der Waals surface area contributed by atoms with Crippen LogP contribution < -0.4 is 11.5 Å². The minimum atomic E-state index is -0.336. The number of nitrogen functional groups attached to an aromatic ring is 2. The first-order chi connectivity index (χ1) is 12.0. The van der Waals surface area contributed by atoms with Crippen molar-refractivity contribution in [3.8, 4) is 11.6 Å². The van der Waals surface area contributed by atoms with Crippen LogP contribution in [0.2, 0.25) is 0 Å². The second-order valence-electron chi connectivity index (χ2n) is 5.75. The number of fused-ring (bicyclic) bond motifs is 1. The highest BCUT2D eigenvalue weighted by Gasteiger charge is 2.17. The molecule has 0 atom stereocenters. The zero-order valence-corrected chi connectivity index (χ0v) is 13.4. The van der Waals surface area contributed by atoms with Crippen LogP contribution in [0.4, 0.5) is 16.0 Å². The fourth-order valence-corrected chi connectivity index (χ4v) is 2.71. The van der Waals surface area contributed by atoms with Crippen LogP contribution in [-0.2, 0) is 6.42 Å². The van der Waals surface area contributed by atoms with Crippen molar-refractivity contribution in [3.63, 3.8) is 0 Å². The van der Waals surface area contributed by atoms with E-state index >= 15 is 0 Å². The van der Waals surface area contributed by atoms with Crippen molar-refractivity contribution >= 4 is 17.3 Å². The lowest BCUT2D eigenvalue weighted by Crippen LogP contribution is -2.05. The number of hydrogen-bond acceptors (Lipinski definition) is 6. The van der Waals surface area contributed by atoms with E-state index in [2.05, 4.69) is 15.1 Å². The molecular formula is C17H15FN6O. The summed E-state index contributed by atoms with van der Waals surface area (Å²) in [6, 6.07) is 8.07. The van der Waals surface area contributed by atoms with Gasteiger partial charge in [-0.25, -0.2) is 4.39 Å². The highest BCUT2D eigenvalue weighted by molar-refractivity contribution is 5.59. The molecule has 0 spiro atoms. The number of nitrogens with zero attached hydrogens (tertiary/aromatic N) is 4. The van der Waals surface area contributed by atoms with Crippen molar-refractivity contribution in [3.05, 3.63) is 59.2 Å². The van der Waals surface area contributed by atoms with E-state index in [1.807, 2.05) is 13.0 Å². The average Bonchev–Trinajstić information content (AvgIpc) is 3.17. The van der Waals surface area contributed by atoms with Crippen molar-refractivity contribution in [2.45, 2.75) is 13.3 Å². The van der Waals surface area contributed by atoms with E-state index in [1.165, 1.54) is 16.6 Å². The second-order valence-corrected chi connectivity index (χ2v) is 5.75. The molecule has 8 heteroatoms. The molecule has 1 aromatic carbocycles. The molecule has 0 saturated carbocycles. The van der Waals surface area contributed by atoms with E-state index in [9.17, 15) is 4.39 Å². The third-order valence-electron chi connectivity index (χ3n) is 3.87. The molecule has 0 amide bonds. The maximum atomic E-state index is 14.0. The molecule has 0 aliphatic rings. The third-order valence-corrected chi connectivity index (χ3v) is 3.87. The molecule has 4 aromatic rings. The first kappa shape index (κ1) is 15.1. The average molecular weight is 338 g/mol. The molecule has 0 aliphatic heterocycles. The molecule has 0 radical (unpaired) electrons. The number of anilines is 2. The number of halogens is 1. The lowest BCUT2D eigenvalue weighted by molar-refractivity contribution is 0.541. The molecule has 7 nitrogen and oxygen atoms in total. The van der Waals surface area contributed by atoms with Gasteiger partial charge in [-0.3, -0.25) is 0 Å². The van der Waals surface area contributed by atoms with Gasteiger partial charge in [0.05, 0.1) is 6.20 Å². The Kier molecular flexibility index (Phi) is 3.38. The molecule has 0 saturated heterocycles. The van der Waals surface area contributed by atoms with Crippen LogP contribution in [0.25, 0.3) is 17.2 Å². The van der Waals surface area contributed by atoms with E-state index in [0.29, 0.717) is 34.0 Å². The summed E-state index contributed by atoms with van der Waals surface area (Å²) in [6.07, 6.45) is 1.90. The number of hydrogen-bond donors (Lipinski definition) is 2. The molecule has 3 aromatic heterocycles. The molecule has 0 fully saturated rings. The van der Waals surface area contributed by atoms with Gasteiger partial charge in [-0.05, 0) is 42.8 Å². The van der Waals surface area contributed by atoms with Gasteiger partial charge in [0.1, 0.15) is 11.6 Å². The molecular weight excluding hydrogens is 323 g/mol. The molecule has 25 heavy (non-hydrogen) atoms. The zero-order chi connectivity index (χ0) is 17.6. The number of rotatable bonds is 3. The smallest absolute Gasteiger partial charge is 0.224 e. The topological polar surface area (TPSA) is 108 Å². The molecule has 0 aliphatic carbocycles. The quantitative estimate of drug-likeness (QED) is 0.556. The van der Waals surface area contributed by atoms with Crippen molar-refractivity contribution in [1.82, 2.24) is 19.6 Å². The predicted molar refractivity (Wildman–Crippen MR) is 91.3 cm³/mol. The molecule has 4 rings (SSSR count). The summed E-state index contributed by atoms with van der Waals surface area (Å²) in [7, 11) is 0. The van der Waals surface area contributed by atoms with E-state index in [4.69, 9.17) is 15.9 Å². The van der Waals surface area contributed by atoms with E-state index in [1.54, 1.807) is 18.3 Å². The van der Waals surface area contributed by atoms with Gasteiger partial charge < -0.3 is 15.9 Å². The summed E-state index contributed by atoms with van der Waals surface area (Å²) in [5, 5.41) is 4.32. The highest BCUT2D eigenvalue weighted by Crippen LogP contribution is 2.24. The summed E-state index contributed by atoms with van der Waals surface area (Å²) in [4.78, 5) is 8.46. The number of furan rings is 1. The first-order valence-corrected chi connectivity index (χ1v) is 7.62. The zero-order valence-electron chi connectivity index (χ0n) is 13.4. The Morgan fingerprint density at radius 2 is 1.96 bits per heavy atom. The Labute approximate surface area is 142 Å². The first-order valence-electron chi connectivity index (χ1n) is 7.62. The van der Waals surface area contributed by atoms with Crippen LogP contribution >= 0.6 is 0 Å². The second kappa shape index (κ2) is 5.59. The van der Waals surface area contributed by atoms with Gasteiger partial charge in [0, 0.05) is 17.7 Å². The molecule has 126 valence electrons. The Morgan fingerprint density at radius 3 is 2.72 bits per heavy atom. The lowest BCUT2D eigenvalue weighted by atomic mass is 10.1. The van der Waals surface area contributed by atoms with Gasteiger partial charge in [0.15, 0.2) is 11.4 Å². The number of aryl methyl sites for hydroxylation is 1. The number of aromatic nitrogens is 4. The van der Waals surface area contributed by atoms with Crippen molar-refractivity contribution in [2.24, 2.45) is 0 Å². The van der Waals surface area contributed by atoms with Gasteiger partial charge >= 0.3 is 0 Å². The summed E-state index contributed by atoms with van der Waals surface area (Å²) in [5.74, 6) is 1.47.